The monoisotopic (exact) mass is 1100 g/mol. The van der Waals surface area contributed by atoms with E-state index < -0.39 is 139 Å². The molecule has 0 saturated carbocycles. The van der Waals surface area contributed by atoms with E-state index in [0.717, 1.165) is 5.56 Å². The Hall–Kier alpha value is -7.46. The van der Waals surface area contributed by atoms with Crippen LogP contribution in [0, 0.1) is 6.92 Å². The lowest BCUT2D eigenvalue weighted by atomic mass is 9.99. The highest BCUT2D eigenvalue weighted by Crippen LogP contribution is 2.20. The first-order chi connectivity index (χ1) is 36.0. The minimum Gasteiger partial charge on any atom is -0.370 e. The van der Waals surface area contributed by atoms with Crippen LogP contribution in [0.25, 0.3) is 0 Å². The van der Waals surface area contributed by atoms with Crippen molar-refractivity contribution >= 4 is 96.2 Å². The maximum absolute atomic E-state index is 14.3. The average Bonchev–Trinajstić information content (AvgIpc) is 3.88. The Labute approximate surface area is 450 Å². The van der Waals surface area contributed by atoms with E-state index in [-0.39, 0.29) is 56.2 Å². The minimum absolute atomic E-state index is 0.00445. The van der Waals surface area contributed by atoms with E-state index in [1.807, 2.05) is 13.0 Å². The highest BCUT2D eigenvalue weighted by Gasteiger charge is 2.40. The van der Waals surface area contributed by atoms with Crippen molar-refractivity contribution in [3.63, 3.8) is 0 Å². The molecule has 8 atom stereocenters. The molecule has 0 aromatic heterocycles. The number of carbonyl (C=O) groups excluding carboxylic acids is 11. The Balaban J connectivity index is 1.86. The normalized spacial score (nSPS) is 15.6. The second kappa shape index (κ2) is 32.1. The maximum atomic E-state index is 14.3. The number of unbranched alkanes of at least 4 members (excludes halogenated alkanes) is 1. The largest absolute Gasteiger partial charge is 0.370 e. The van der Waals surface area contributed by atoms with Gasteiger partial charge in [-0.1, -0.05) is 54.6 Å². The summed E-state index contributed by atoms with van der Waals surface area (Å²) in [5, 5.41) is 17.7. The molecule has 0 bridgehead atoms. The van der Waals surface area contributed by atoms with E-state index >= 15 is 0 Å². The number of hydrogen-bond acceptors (Lipinski definition) is 15. The smallest absolute Gasteiger partial charge is 0.246 e. The van der Waals surface area contributed by atoms with Gasteiger partial charge in [0.25, 0.3) is 0 Å². The molecule has 19 N–H and O–H groups in total. The Morgan fingerprint density at radius 2 is 1.18 bits per heavy atom. The number of thiol groups is 2. The van der Waals surface area contributed by atoms with Crippen molar-refractivity contribution < 1.29 is 52.7 Å². The Morgan fingerprint density at radius 3 is 1.79 bits per heavy atom. The summed E-state index contributed by atoms with van der Waals surface area (Å²) in [5.74, 6) is -10.1. The number of aryl methyl sites for hydroxylation is 1. The molecule has 28 heteroatoms. The molecule has 0 unspecified atom stereocenters. The molecule has 0 spiro atoms. The number of nitrogens with one attached hydrogen (secondary N) is 7. The quantitative estimate of drug-likeness (QED) is 0.0141. The maximum Gasteiger partial charge on any atom is 0.246 e. The topological polar surface area (TPSA) is 444 Å². The summed E-state index contributed by atoms with van der Waals surface area (Å²) in [6.45, 7) is 1.61. The third-order valence-electron chi connectivity index (χ3n) is 12.0. The summed E-state index contributed by atoms with van der Waals surface area (Å²) in [7, 11) is 0. The van der Waals surface area contributed by atoms with E-state index in [9.17, 15) is 52.7 Å². The molecule has 76 heavy (non-hydrogen) atoms. The van der Waals surface area contributed by atoms with Crippen molar-refractivity contribution in [2.45, 2.75) is 119 Å². The predicted molar refractivity (Wildman–Crippen MR) is 286 cm³/mol. The number of carbonyl (C=O) groups is 11. The summed E-state index contributed by atoms with van der Waals surface area (Å²) in [4.78, 5) is 151. The van der Waals surface area contributed by atoms with Gasteiger partial charge < -0.3 is 76.5 Å². The highest BCUT2D eigenvalue weighted by atomic mass is 32.1. The second-order valence-corrected chi connectivity index (χ2v) is 18.7. The van der Waals surface area contributed by atoms with Crippen molar-refractivity contribution in [1.82, 2.24) is 42.1 Å². The number of hydrogen-bond donors (Lipinski definition) is 15. The Bertz CT molecular complexity index is 2410. The summed E-state index contributed by atoms with van der Waals surface area (Å²) in [6, 6.07) is 4.73. The lowest BCUT2D eigenvalue weighted by molar-refractivity contribution is -0.142. The number of rotatable bonds is 32. The molecular weight excluding hydrogens is 1030 g/mol. The molecule has 2 aromatic rings. The van der Waals surface area contributed by atoms with Gasteiger partial charge in [-0.3, -0.25) is 57.7 Å². The van der Waals surface area contributed by atoms with Gasteiger partial charge in [0.2, 0.25) is 65.0 Å². The lowest BCUT2D eigenvalue weighted by Gasteiger charge is -2.30. The van der Waals surface area contributed by atoms with Gasteiger partial charge in [-0.2, -0.15) is 25.3 Å². The van der Waals surface area contributed by atoms with Gasteiger partial charge in [-0.15, -0.1) is 0 Å². The van der Waals surface area contributed by atoms with Gasteiger partial charge in [0.15, 0.2) is 5.96 Å². The first-order valence-corrected chi connectivity index (χ1v) is 25.7. The van der Waals surface area contributed by atoms with Crippen LogP contribution in [0.2, 0.25) is 0 Å². The minimum atomic E-state index is -1.79. The van der Waals surface area contributed by atoms with Crippen LogP contribution < -0.4 is 71.6 Å². The van der Waals surface area contributed by atoms with Crippen molar-refractivity contribution in [3.8, 4) is 0 Å². The molecular formula is C48H71N15O11S2. The zero-order valence-corrected chi connectivity index (χ0v) is 44.0. The van der Waals surface area contributed by atoms with Crippen molar-refractivity contribution in [2.75, 3.05) is 31.1 Å². The first-order valence-electron chi connectivity index (χ1n) is 24.4. The fraction of sp³-hybridized carbons (Fsp3) is 0.500. The number of primary amides is 3. The molecule has 0 aliphatic carbocycles. The molecule has 0 radical (unpaired) electrons. The van der Waals surface area contributed by atoms with Gasteiger partial charge >= 0.3 is 0 Å². The zero-order chi connectivity index (χ0) is 56.5. The van der Waals surface area contributed by atoms with Gasteiger partial charge in [0.05, 0.1) is 19.0 Å². The Morgan fingerprint density at radius 1 is 0.618 bits per heavy atom. The standard InChI is InChI=1S/C48H71N15O11S2/c1-26-10-5-6-13-28(26)21-33(59-40(67)29(49)24-75)44(71)60-32(20-27-11-3-2-4-12-27)43(70)57-31(16-17-37(50)64)42(69)61-34(22-38(51)65)45(72)62-35(25-76)47(74)63-19-9-15-36(63)46(73)58-30(41(68)56-23-39(52)66)14-7-8-18-55-48(53)54/h2-6,10-13,29-36,75-76H,7-9,14-25,49H2,1H3,(H2,50,64)(H2,51,65)(H2,52,66)(H,56,68)(H,57,70)(H,58,73)(H,59,67)(H,60,71)(H,61,69)(H,62,72)(H4,53,54,55)/t29-,30+,31-,32-,33-,34-,35-,36-/m0/s1. The molecule has 26 nitrogen and oxygen atoms in total. The molecule has 1 saturated heterocycles. The van der Waals surface area contributed by atoms with E-state index in [1.165, 1.54) is 4.90 Å². The molecule has 1 aliphatic heterocycles. The van der Waals surface area contributed by atoms with Crippen molar-refractivity contribution in [1.29, 1.82) is 0 Å². The van der Waals surface area contributed by atoms with Crippen molar-refractivity contribution in [2.24, 2.45) is 39.4 Å². The third kappa shape index (κ3) is 21.4. The van der Waals surface area contributed by atoms with Crippen LogP contribution >= 0.6 is 25.3 Å². The molecule has 1 aliphatic rings. The zero-order valence-electron chi connectivity index (χ0n) is 42.2. The van der Waals surface area contributed by atoms with Crippen LogP contribution in [-0.4, -0.2) is 155 Å². The number of likely N-dealkylation sites (tertiary alicyclic amines) is 1. The fourth-order valence-electron chi connectivity index (χ4n) is 7.94. The molecule has 1 heterocycles. The van der Waals surface area contributed by atoms with Gasteiger partial charge in [-0.05, 0) is 62.1 Å². The van der Waals surface area contributed by atoms with E-state index in [0.29, 0.717) is 30.4 Å². The molecule has 11 amide bonds. The van der Waals surface area contributed by atoms with Crippen LogP contribution in [-0.2, 0) is 65.6 Å². The van der Waals surface area contributed by atoms with Gasteiger partial charge in [0, 0.05) is 43.9 Å². The first kappa shape index (κ1) is 62.8. The van der Waals surface area contributed by atoms with Crippen molar-refractivity contribution in [3.05, 3.63) is 71.3 Å². The number of guanidine groups is 1. The van der Waals surface area contributed by atoms with Crippen LogP contribution in [0.4, 0.5) is 0 Å². The average molecular weight is 1100 g/mol. The van der Waals surface area contributed by atoms with Gasteiger partial charge in [0.1, 0.15) is 42.3 Å². The predicted octanol–water partition coefficient (Wildman–Crippen LogP) is -4.95. The Kier molecular flexibility index (Phi) is 26.5. The number of nitrogens with zero attached hydrogens (tertiary/aromatic N) is 2. The summed E-state index contributed by atoms with van der Waals surface area (Å²) >= 11 is 8.36. The van der Waals surface area contributed by atoms with E-state index in [4.69, 9.17) is 34.4 Å². The van der Waals surface area contributed by atoms with Crippen LogP contribution in [0.5, 0.6) is 0 Å². The van der Waals surface area contributed by atoms with Crippen LogP contribution in [0.3, 0.4) is 0 Å². The second-order valence-electron chi connectivity index (χ2n) is 18.0. The number of nitrogens with two attached hydrogens (primary N) is 6. The number of benzene rings is 2. The number of aliphatic imine (C=N–C) groups is 1. The molecule has 1 fully saturated rings. The summed E-state index contributed by atoms with van der Waals surface area (Å²) < 4.78 is 0. The third-order valence-corrected chi connectivity index (χ3v) is 12.8. The van der Waals surface area contributed by atoms with E-state index in [2.05, 4.69) is 67.5 Å². The molecule has 416 valence electrons. The van der Waals surface area contributed by atoms with Gasteiger partial charge in [-0.25, -0.2) is 0 Å². The van der Waals surface area contributed by atoms with E-state index in [1.54, 1.807) is 48.5 Å². The highest BCUT2D eigenvalue weighted by molar-refractivity contribution is 7.80. The molecule has 2 aromatic carbocycles. The SMILES string of the molecule is Cc1ccccc1C[C@H](NC(=O)[C@@H](N)CS)C(=O)N[C@@H](Cc1ccccc1)C(=O)N[C@@H](CCC(N)=O)C(=O)N[C@@H](CC(N)=O)C(=O)N[C@@H](CS)C(=O)N1CCC[C@H]1C(=O)N[C@H](CCCCN=C(N)N)C(=O)NCC(N)=O. The summed E-state index contributed by atoms with van der Waals surface area (Å²) in [5.41, 5.74) is 34.9. The summed E-state index contributed by atoms with van der Waals surface area (Å²) in [6.07, 6.45) is -0.444. The van der Waals surface area contributed by atoms with Crippen LogP contribution in [0.15, 0.2) is 59.6 Å². The number of amides is 11. The fourth-order valence-corrected chi connectivity index (χ4v) is 8.35. The van der Waals surface area contributed by atoms with Crippen LogP contribution in [0.1, 0.15) is 68.1 Å². The lowest BCUT2D eigenvalue weighted by Crippen LogP contribution is -2.61. The molecule has 3 rings (SSSR count).